The van der Waals surface area contributed by atoms with Crippen LogP contribution < -0.4 is 0 Å². The molecule has 132 valence electrons. The zero-order chi connectivity index (χ0) is 17.7. The number of carbonyl (C=O) groups is 2. The molecule has 4 rings (SSSR count). The van der Waals surface area contributed by atoms with Gasteiger partial charge in [-0.15, -0.1) is 0 Å². The van der Waals surface area contributed by atoms with Gasteiger partial charge >= 0.3 is 6.03 Å². The van der Waals surface area contributed by atoms with Gasteiger partial charge in [-0.2, -0.15) is 0 Å². The molecule has 2 aromatic rings. The summed E-state index contributed by atoms with van der Waals surface area (Å²) in [5.74, 6) is 0.321. The summed E-state index contributed by atoms with van der Waals surface area (Å²) in [6.45, 7) is 7.11. The standard InChI is InChI=1S/C20H25N3O2/c1-12(2)10-22-11-19(24)23(20(22)25)14-5-7-18-16(9-14)15-8-13(3)4-6-17(15)21-18/h4,6,8,12,14,21H,5,7,9-11H2,1-3H3/t14-/m1/s1. The summed E-state index contributed by atoms with van der Waals surface area (Å²) in [5, 5.41) is 1.23. The molecule has 2 heterocycles. The Balaban J connectivity index is 1.62. The van der Waals surface area contributed by atoms with Gasteiger partial charge in [0.1, 0.15) is 6.54 Å². The van der Waals surface area contributed by atoms with Crippen LogP contribution in [0.4, 0.5) is 4.79 Å². The lowest BCUT2D eigenvalue weighted by molar-refractivity contribution is -0.127. The van der Waals surface area contributed by atoms with Crippen molar-refractivity contribution in [3.63, 3.8) is 0 Å². The van der Waals surface area contributed by atoms with Gasteiger partial charge in [-0.1, -0.05) is 25.5 Å². The molecule has 1 fully saturated rings. The van der Waals surface area contributed by atoms with Crippen LogP contribution in [0, 0.1) is 12.8 Å². The first-order valence-corrected chi connectivity index (χ1v) is 9.15. The number of imide groups is 1. The minimum atomic E-state index is -0.108. The fraction of sp³-hybridized carbons (Fsp3) is 0.500. The number of urea groups is 1. The van der Waals surface area contributed by atoms with Crippen LogP contribution in [0.1, 0.15) is 37.1 Å². The summed E-state index contributed by atoms with van der Waals surface area (Å²) in [6, 6.07) is 6.30. The molecule has 0 unspecified atom stereocenters. The minimum absolute atomic E-state index is 0.0239. The van der Waals surface area contributed by atoms with E-state index in [0.717, 1.165) is 24.8 Å². The summed E-state index contributed by atoms with van der Waals surface area (Å²) in [6.07, 6.45) is 2.48. The number of rotatable bonds is 3. The van der Waals surface area contributed by atoms with Crippen LogP contribution in [-0.4, -0.2) is 45.9 Å². The Bertz CT molecular complexity index is 852. The molecule has 1 aromatic heterocycles. The second-order valence-electron chi connectivity index (χ2n) is 7.85. The highest BCUT2D eigenvalue weighted by molar-refractivity contribution is 6.02. The first kappa shape index (κ1) is 16.2. The van der Waals surface area contributed by atoms with Gasteiger partial charge in [0.05, 0.1) is 0 Å². The van der Waals surface area contributed by atoms with Crippen molar-refractivity contribution in [2.75, 3.05) is 13.1 Å². The van der Waals surface area contributed by atoms with Crippen molar-refractivity contribution >= 4 is 22.8 Å². The molecule has 1 aromatic carbocycles. The highest BCUT2D eigenvalue weighted by Crippen LogP contribution is 2.33. The quantitative estimate of drug-likeness (QED) is 0.873. The lowest BCUT2D eigenvalue weighted by atomic mass is 9.90. The van der Waals surface area contributed by atoms with Gasteiger partial charge < -0.3 is 9.88 Å². The molecule has 1 N–H and O–H groups in total. The Kier molecular flexibility index (Phi) is 3.82. The van der Waals surface area contributed by atoms with E-state index in [-0.39, 0.29) is 24.5 Å². The molecule has 1 aliphatic carbocycles. The molecule has 2 aliphatic rings. The number of fused-ring (bicyclic) bond motifs is 3. The Hall–Kier alpha value is -2.30. The fourth-order valence-corrected chi connectivity index (χ4v) is 4.24. The molecule has 1 aliphatic heterocycles. The monoisotopic (exact) mass is 339 g/mol. The van der Waals surface area contributed by atoms with E-state index >= 15 is 0 Å². The number of amides is 3. The van der Waals surface area contributed by atoms with Crippen molar-refractivity contribution in [3.8, 4) is 0 Å². The number of aromatic nitrogens is 1. The van der Waals surface area contributed by atoms with E-state index in [1.54, 1.807) is 4.90 Å². The predicted octanol–water partition coefficient (Wildman–Crippen LogP) is 3.25. The van der Waals surface area contributed by atoms with Crippen LogP contribution in [0.5, 0.6) is 0 Å². The largest absolute Gasteiger partial charge is 0.358 e. The van der Waals surface area contributed by atoms with Gasteiger partial charge in [-0.25, -0.2) is 4.79 Å². The summed E-state index contributed by atoms with van der Waals surface area (Å²) < 4.78 is 0. The zero-order valence-electron chi connectivity index (χ0n) is 15.1. The average molecular weight is 339 g/mol. The third-order valence-electron chi connectivity index (χ3n) is 5.34. The second kappa shape index (κ2) is 5.90. The van der Waals surface area contributed by atoms with Crippen LogP contribution in [0.2, 0.25) is 0 Å². The number of hydrogen-bond donors (Lipinski definition) is 1. The molecule has 5 nitrogen and oxygen atoms in total. The maximum absolute atomic E-state index is 12.7. The summed E-state index contributed by atoms with van der Waals surface area (Å²) >= 11 is 0. The highest BCUT2D eigenvalue weighted by atomic mass is 16.2. The van der Waals surface area contributed by atoms with Crippen LogP contribution in [0.3, 0.4) is 0 Å². The number of H-pyrrole nitrogens is 1. The summed E-state index contributed by atoms with van der Waals surface area (Å²) in [4.78, 5) is 32.0. The molecular formula is C20H25N3O2. The van der Waals surface area contributed by atoms with Gasteiger partial charge in [0.2, 0.25) is 0 Å². The number of aryl methyl sites for hydroxylation is 2. The third kappa shape index (κ3) is 2.71. The van der Waals surface area contributed by atoms with Crippen molar-refractivity contribution in [1.29, 1.82) is 0 Å². The Morgan fingerprint density at radius 1 is 1.28 bits per heavy atom. The summed E-state index contributed by atoms with van der Waals surface area (Å²) in [7, 11) is 0. The van der Waals surface area contributed by atoms with E-state index in [4.69, 9.17) is 0 Å². The molecule has 0 spiro atoms. The van der Waals surface area contributed by atoms with Gasteiger partial charge in [0.25, 0.3) is 5.91 Å². The number of nitrogens with one attached hydrogen (secondary N) is 1. The fourth-order valence-electron chi connectivity index (χ4n) is 4.24. The lowest BCUT2D eigenvalue weighted by Crippen LogP contribution is -2.44. The number of benzene rings is 1. The summed E-state index contributed by atoms with van der Waals surface area (Å²) in [5.41, 5.74) is 4.91. The van der Waals surface area contributed by atoms with Crippen molar-refractivity contribution in [3.05, 3.63) is 35.0 Å². The van der Waals surface area contributed by atoms with Crippen molar-refractivity contribution in [2.24, 2.45) is 5.92 Å². The van der Waals surface area contributed by atoms with Gasteiger partial charge in [-0.05, 0) is 49.8 Å². The van der Waals surface area contributed by atoms with Crippen molar-refractivity contribution < 1.29 is 9.59 Å². The van der Waals surface area contributed by atoms with E-state index in [1.165, 1.54) is 27.1 Å². The number of carbonyl (C=O) groups excluding carboxylic acids is 2. The number of nitrogens with zero attached hydrogens (tertiary/aromatic N) is 2. The highest BCUT2D eigenvalue weighted by Gasteiger charge is 2.41. The molecule has 1 saturated heterocycles. The van der Waals surface area contributed by atoms with E-state index in [1.807, 2.05) is 0 Å². The maximum Gasteiger partial charge on any atom is 0.327 e. The van der Waals surface area contributed by atoms with Gasteiger partial charge in [0, 0.05) is 29.2 Å². The Morgan fingerprint density at radius 2 is 2.08 bits per heavy atom. The molecule has 3 amide bonds. The number of hydrogen-bond acceptors (Lipinski definition) is 2. The van der Waals surface area contributed by atoms with Crippen molar-refractivity contribution in [1.82, 2.24) is 14.8 Å². The molecule has 1 atom stereocenters. The zero-order valence-corrected chi connectivity index (χ0v) is 15.1. The molecule has 0 saturated carbocycles. The third-order valence-corrected chi connectivity index (χ3v) is 5.34. The van der Waals surface area contributed by atoms with E-state index in [0.29, 0.717) is 12.5 Å². The predicted molar refractivity (Wildman–Crippen MR) is 97.5 cm³/mol. The van der Waals surface area contributed by atoms with E-state index in [2.05, 4.69) is 44.0 Å². The van der Waals surface area contributed by atoms with Gasteiger partial charge in [0.15, 0.2) is 0 Å². The van der Waals surface area contributed by atoms with E-state index < -0.39 is 0 Å². The molecule has 0 radical (unpaired) electrons. The van der Waals surface area contributed by atoms with Crippen LogP contribution in [0.15, 0.2) is 18.2 Å². The van der Waals surface area contributed by atoms with Crippen molar-refractivity contribution in [2.45, 2.75) is 46.1 Å². The normalized spacial score (nSPS) is 20.9. The van der Waals surface area contributed by atoms with Gasteiger partial charge in [-0.3, -0.25) is 9.69 Å². The molecule has 5 heteroatoms. The SMILES string of the molecule is Cc1ccc2[nH]c3c(c2c1)C[C@H](N1C(=O)CN(CC(C)C)C1=O)CC3. The smallest absolute Gasteiger partial charge is 0.327 e. The Morgan fingerprint density at radius 3 is 2.84 bits per heavy atom. The minimum Gasteiger partial charge on any atom is -0.358 e. The maximum atomic E-state index is 12.7. The van der Waals surface area contributed by atoms with Crippen LogP contribution in [-0.2, 0) is 17.6 Å². The molecule has 0 bridgehead atoms. The number of aromatic amines is 1. The van der Waals surface area contributed by atoms with Crippen LogP contribution in [0.25, 0.3) is 10.9 Å². The Labute approximate surface area is 148 Å². The topological polar surface area (TPSA) is 56.4 Å². The molecular weight excluding hydrogens is 314 g/mol. The average Bonchev–Trinajstić information content (AvgIpc) is 3.04. The first-order chi connectivity index (χ1) is 11.9. The van der Waals surface area contributed by atoms with E-state index in [9.17, 15) is 9.59 Å². The first-order valence-electron chi connectivity index (χ1n) is 9.15. The molecule has 25 heavy (non-hydrogen) atoms. The van der Waals surface area contributed by atoms with Crippen LogP contribution >= 0.6 is 0 Å². The lowest BCUT2D eigenvalue weighted by Gasteiger charge is -2.30. The second-order valence-corrected chi connectivity index (χ2v) is 7.85.